The van der Waals surface area contributed by atoms with Gasteiger partial charge in [-0.25, -0.2) is 4.99 Å². The SMILES string of the molecule is CCNC(=NCc1cccc(NC(=O)C2CCCO2)c1)NCc1sccc1C. The van der Waals surface area contributed by atoms with Gasteiger partial charge in [-0.2, -0.15) is 0 Å². The second kappa shape index (κ2) is 10.2. The van der Waals surface area contributed by atoms with Crippen molar-refractivity contribution in [2.45, 2.75) is 45.9 Å². The Morgan fingerprint density at radius 2 is 2.21 bits per heavy atom. The molecule has 1 amide bonds. The van der Waals surface area contributed by atoms with Gasteiger partial charge in [0.2, 0.25) is 0 Å². The summed E-state index contributed by atoms with van der Waals surface area (Å²) in [6.07, 6.45) is 1.40. The van der Waals surface area contributed by atoms with Crippen LogP contribution in [0.5, 0.6) is 0 Å². The Bertz CT molecular complexity index is 812. The lowest BCUT2D eigenvalue weighted by atomic mass is 10.2. The number of aliphatic imine (C=N–C) groups is 1. The molecule has 2 heterocycles. The smallest absolute Gasteiger partial charge is 0.253 e. The van der Waals surface area contributed by atoms with Gasteiger partial charge < -0.3 is 20.7 Å². The molecular formula is C21H28N4O2S. The lowest BCUT2D eigenvalue weighted by Crippen LogP contribution is -2.36. The van der Waals surface area contributed by atoms with E-state index in [2.05, 4.69) is 46.2 Å². The molecule has 1 unspecified atom stereocenters. The Morgan fingerprint density at radius 3 is 2.93 bits per heavy atom. The number of thiophene rings is 1. The van der Waals surface area contributed by atoms with Crippen LogP contribution in [0.15, 0.2) is 40.7 Å². The minimum atomic E-state index is -0.327. The Morgan fingerprint density at radius 1 is 1.32 bits per heavy atom. The Balaban J connectivity index is 1.58. The first kappa shape index (κ1) is 20.4. The molecule has 1 fully saturated rings. The summed E-state index contributed by atoms with van der Waals surface area (Å²) < 4.78 is 5.44. The van der Waals surface area contributed by atoms with E-state index in [1.807, 2.05) is 24.3 Å². The molecule has 3 N–H and O–H groups in total. The van der Waals surface area contributed by atoms with Crippen LogP contribution in [0.3, 0.4) is 0 Å². The first-order chi connectivity index (χ1) is 13.7. The Kier molecular flexibility index (Phi) is 7.45. The molecule has 2 aromatic rings. The largest absolute Gasteiger partial charge is 0.368 e. The van der Waals surface area contributed by atoms with E-state index in [0.717, 1.165) is 43.1 Å². The second-order valence-corrected chi connectivity index (χ2v) is 7.77. The number of aryl methyl sites for hydroxylation is 1. The molecule has 1 atom stereocenters. The van der Waals surface area contributed by atoms with Gasteiger partial charge in [0.15, 0.2) is 5.96 Å². The summed E-state index contributed by atoms with van der Waals surface area (Å²) in [6, 6.07) is 9.93. The first-order valence-electron chi connectivity index (χ1n) is 9.72. The number of ether oxygens (including phenoxy) is 1. The van der Waals surface area contributed by atoms with E-state index in [9.17, 15) is 4.79 Å². The molecule has 0 aliphatic carbocycles. The molecular weight excluding hydrogens is 372 g/mol. The van der Waals surface area contributed by atoms with Gasteiger partial charge in [-0.3, -0.25) is 4.79 Å². The number of amides is 1. The van der Waals surface area contributed by atoms with Crippen molar-refractivity contribution in [3.05, 3.63) is 51.7 Å². The molecule has 1 aliphatic rings. The summed E-state index contributed by atoms with van der Waals surface area (Å²) in [5, 5.41) is 11.7. The molecule has 0 bridgehead atoms. The Labute approximate surface area is 170 Å². The number of carbonyl (C=O) groups is 1. The molecule has 1 aromatic heterocycles. The van der Waals surface area contributed by atoms with Crippen molar-refractivity contribution in [2.24, 2.45) is 4.99 Å². The molecule has 1 aromatic carbocycles. The molecule has 0 spiro atoms. The normalized spacial score (nSPS) is 16.8. The molecule has 3 rings (SSSR count). The summed E-state index contributed by atoms with van der Waals surface area (Å²) in [7, 11) is 0. The van der Waals surface area contributed by atoms with E-state index in [-0.39, 0.29) is 12.0 Å². The van der Waals surface area contributed by atoms with Gasteiger partial charge in [0.05, 0.1) is 13.1 Å². The van der Waals surface area contributed by atoms with Crippen LogP contribution in [0.2, 0.25) is 0 Å². The maximum atomic E-state index is 12.2. The highest BCUT2D eigenvalue weighted by atomic mass is 32.1. The molecule has 6 nitrogen and oxygen atoms in total. The van der Waals surface area contributed by atoms with Crippen molar-refractivity contribution in [3.63, 3.8) is 0 Å². The third-order valence-corrected chi connectivity index (χ3v) is 5.59. The fourth-order valence-corrected chi connectivity index (χ4v) is 3.86. The van der Waals surface area contributed by atoms with Crippen LogP contribution in [0.25, 0.3) is 0 Å². The van der Waals surface area contributed by atoms with E-state index in [4.69, 9.17) is 4.74 Å². The van der Waals surface area contributed by atoms with Gasteiger partial charge >= 0.3 is 0 Å². The average molecular weight is 401 g/mol. The maximum Gasteiger partial charge on any atom is 0.253 e. The standard InChI is InChI=1S/C21H28N4O2S/c1-3-22-21(24-14-19-15(2)9-11-28-19)23-13-16-6-4-7-17(12-16)25-20(26)18-8-5-10-27-18/h4,6-7,9,11-12,18H,3,5,8,10,13-14H2,1-2H3,(H,25,26)(H2,22,23,24). The van der Waals surface area contributed by atoms with Crippen molar-refractivity contribution in [3.8, 4) is 0 Å². The van der Waals surface area contributed by atoms with E-state index in [0.29, 0.717) is 13.2 Å². The molecule has 0 saturated carbocycles. The number of guanidine groups is 1. The zero-order chi connectivity index (χ0) is 19.8. The molecule has 28 heavy (non-hydrogen) atoms. The molecule has 1 saturated heterocycles. The number of carbonyl (C=O) groups excluding carboxylic acids is 1. The molecule has 1 aliphatic heterocycles. The number of nitrogens with zero attached hydrogens (tertiary/aromatic N) is 1. The highest BCUT2D eigenvalue weighted by molar-refractivity contribution is 7.10. The molecule has 7 heteroatoms. The molecule has 150 valence electrons. The number of anilines is 1. The minimum Gasteiger partial charge on any atom is -0.368 e. The summed E-state index contributed by atoms with van der Waals surface area (Å²) in [6.45, 7) is 6.92. The molecule has 0 radical (unpaired) electrons. The summed E-state index contributed by atoms with van der Waals surface area (Å²) in [5.41, 5.74) is 3.11. The zero-order valence-corrected chi connectivity index (χ0v) is 17.3. The maximum absolute atomic E-state index is 12.2. The van der Waals surface area contributed by atoms with E-state index in [1.54, 1.807) is 11.3 Å². The number of benzene rings is 1. The fourth-order valence-electron chi connectivity index (χ4n) is 3.02. The van der Waals surface area contributed by atoms with E-state index >= 15 is 0 Å². The Hall–Kier alpha value is -2.38. The van der Waals surface area contributed by atoms with Gasteiger partial charge in [-0.05, 0) is 61.4 Å². The minimum absolute atomic E-state index is 0.0699. The third kappa shape index (κ3) is 5.81. The van der Waals surface area contributed by atoms with Gasteiger partial charge in [0.1, 0.15) is 6.10 Å². The van der Waals surface area contributed by atoms with Gasteiger partial charge in [-0.1, -0.05) is 12.1 Å². The number of hydrogen-bond donors (Lipinski definition) is 3. The van der Waals surface area contributed by atoms with Crippen molar-refractivity contribution >= 4 is 28.9 Å². The van der Waals surface area contributed by atoms with Crippen LogP contribution >= 0.6 is 11.3 Å². The zero-order valence-electron chi connectivity index (χ0n) is 16.5. The predicted octanol–water partition coefficient (Wildman–Crippen LogP) is 3.43. The van der Waals surface area contributed by atoms with Crippen LogP contribution in [0.4, 0.5) is 5.69 Å². The van der Waals surface area contributed by atoms with Crippen molar-refractivity contribution in [1.29, 1.82) is 0 Å². The van der Waals surface area contributed by atoms with E-state index < -0.39 is 0 Å². The number of rotatable bonds is 7. The van der Waals surface area contributed by atoms with Crippen molar-refractivity contribution in [2.75, 3.05) is 18.5 Å². The van der Waals surface area contributed by atoms with Gasteiger partial charge in [0.25, 0.3) is 5.91 Å². The van der Waals surface area contributed by atoms with Crippen LogP contribution in [0.1, 0.15) is 35.8 Å². The fraction of sp³-hybridized carbons (Fsp3) is 0.429. The second-order valence-electron chi connectivity index (χ2n) is 6.77. The summed E-state index contributed by atoms with van der Waals surface area (Å²) >= 11 is 1.75. The number of nitrogens with one attached hydrogen (secondary N) is 3. The van der Waals surface area contributed by atoms with Crippen LogP contribution < -0.4 is 16.0 Å². The third-order valence-electron chi connectivity index (χ3n) is 4.57. The summed E-state index contributed by atoms with van der Waals surface area (Å²) in [5.74, 6) is 0.712. The van der Waals surface area contributed by atoms with E-state index in [1.165, 1.54) is 10.4 Å². The van der Waals surface area contributed by atoms with Crippen molar-refractivity contribution in [1.82, 2.24) is 10.6 Å². The average Bonchev–Trinajstić information content (AvgIpc) is 3.36. The monoisotopic (exact) mass is 400 g/mol. The van der Waals surface area contributed by atoms with Crippen LogP contribution in [0, 0.1) is 6.92 Å². The van der Waals surface area contributed by atoms with Crippen LogP contribution in [-0.2, 0) is 22.6 Å². The van der Waals surface area contributed by atoms with Gasteiger partial charge in [0, 0.05) is 23.7 Å². The quantitative estimate of drug-likeness (QED) is 0.492. The lowest BCUT2D eigenvalue weighted by Gasteiger charge is -2.12. The number of hydrogen-bond acceptors (Lipinski definition) is 4. The predicted molar refractivity (Wildman–Crippen MR) is 115 cm³/mol. The lowest BCUT2D eigenvalue weighted by molar-refractivity contribution is -0.124. The van der Waals surface area contributed by atoms with Crippen LogP contribution in [-0.4, -0.2) is 31.1 Å². The topological polar surface area (TPSA) is 74.8 Å². The van der Waals surface area contributed by atoms with Crippen molar-refractivity contribution < 1.29 is 9.53 Å². The highest BCUT2D eigenvalue weighted by Gasteiger charge is 2.23. The highest BCUT2D eigenvalue weighted by Crippen LogP contribution is 2.17. The summed E-state index contributed by atoms with van der Waals surface area (Å²) in [4.78, 5) is 18.2. The van der Waals surface area contributed by atoms with Gasteiger partial charge in [-0.15, -0.1) is 11.3 Å². The first-order valence-corrected chi connectivity index (χ1v) is 10.6.